The number of benzene rings is 1. The van der Waals surface area contributed by atoms with Crippen LogP contribution in [0.2, 0.25) is 5.02 Å². The van der Waals surface area contributed by atoms with E-state index in [9.17, 15) is 0 Å². The summed E-state index contributed by atoms with van der Waals surface area (Å²) >= 11 is 6.20. The molecule has 0 aromatic heterocycles. The molecule has 1 N–H and O–H groups in total. The van der Waals surface area contributed by atoms with Crippen molar-refractivity contribution in [3.8, 4) is 5.75 Å². The zero-order valence-corrected chi connectivity index (χ0v) is 19.1. The zero-order valence-electron chi connectivity index (χ0n) is 18.4. The number of allylic oxidation sites excluding steroid dienone is 3. The molecule has 1 aromatic rings. The lowest BCUT2D eigenvalue weighted by Gasteiger charge is -2.36. The smallest absolute Gasteiger partial charge is 0.152 e. The molecule has 0 spiro atoms. The van der Waals surface area contributed by atoms with Crippen molar-refractivity contribution in [1.82, 2.24) is 10.2 Å². The number of fused-ring (bicyclic) bond motifs is 1. The van der Waals surface area contributed by atoms with Gasteiger partial charge in [0.2, 0.25) is 0 Å². The quantitative estimate of drug-likeness (QED) is 0.486. The Morgan fingerprint density at radius 1 is 1.43 bits per heavy atom. The molecule has 1 saturated heterocycles. The highest BCUT2D eigenvalue weighted by Gasteiger charge is 2.27. The number of rotatable bonds is 5. The Bertz CT molecular complexity index is 858. The number of methoxy groups -OCH3 is 1. The van der Waals surface area contributed by atoms with E-state index in [4.69, 9.17) is 26.1 Å². The van der Waals surface area contributed by atoms with E-state index in [1.165, 1.54) is 0 Å². The van der Waals surface area contributed by atoms with Gasteiger partial charge in [0.15, 0.2) is 5.75 Å². The lowest BCUT2D eigenvalue weighted by atomic mass is 10.1. The number of amidine groups is 1. The van der Waals surface area contributed by atoms with E-state index in [-0.39, 0.29) is 6.04 Å². The van der Waals surface area contributed by atoms with Gasteiger partial charge < -0.3 is 19.7 Å². The highest BCUT2D eigenvalue weighted by atomic mass is 35.5. The van der Waals surface area contributed by atoms with Crippen LogP contribution in [0.1, 0.15) is 27.2 Å². The van der Waals surface area contributed by atoms with Crippen molar-refractivity contribution in [2.24, 2.45) is 4.99 Å². The van der Waals surface area contributed by atoms with Crippen molar-refractivity contribution in [2.45, 2.75) is 33.2 Å². The number of ether oxygens (including phenoxy) is 2. The first-order valence-electron chi connectivity index (χ1n) is 10.3. The van der Waals surface area contributed by atoms with Crippen LogP contribution in [0.5, 0.6) is 5.75 Å². The molecule has 162 valence electrons. The van der Waals surface area contributed by atoms with Gasteiger partial charge in [-0.05, 0) is 31.2 Å². The number of hydrogen-bond acceptors (Lipinski definition) is 5. The number of piperazine rings is 1. The van der Waals surface area contributed by atoms with E-state index in [0.717, 1.165) is 54.7 Å². The fourth-order valence-electron chi connectivity index (χ4n) is 3.33. The van der Waals surface area contributed by atoms with Crippen LogP contribution in [0, 0.1) is 0 Å². The molecule has 6 heteroatoms. The Morgan fingerprint density at radius 3 is 2.90 bits per heavy atom. The van der Waals surface area contributed by atoms with Crippen LogP contribution < -0.4 is 10.1 Å². The second kappa shape index (κ2) is 11.6. The van der Waals surface area contributed by atoms with Crippen LogP contribution in [0.4, 0.5) is 5.69 Å². The summed E-state index contributed by atoms with van der Waals surface area (Å²) in [6.45, 7) is 16.2. The lowest BCUT2D eigenvalue weighted by Crippen LogP contribution is -2.53. The third-order valence-electron chi connectivity index (χ3n) is 4.75. The minimum Gasteiger partial charge on any atom is -0.502 e. The fraction of sp³-hybridized carbons (Fsp3) is 0.375. The number of hydrogen-bond donors (Lipinski definition) is 1. The minimum atomic E-state index is 0.233. The maximum Gasteiger partial charge on any atom is 0.152 e. The second-order valence-corrected chi connectivity index (χ2v) is 7.19. The number of halogens is 1. The van der Waals surface area contributed by atoms with Crippen LogP contribution in [-0.2, 0) is 4.74 Å². The van der Waals surface area contributed by atoms with Gasteiger partial charge in [0.25, 0.3) is 0 Å². The molecule has 30 heavy (non-hydrogen) atoms. The molecule has 3 rings (SSSR count). The van der Waals surface area contributed by atoms with Gasteiger partial charge >= 0.3 is 0 Å². The summed E-state index contributed by atoms with van der Waals surface area (Å²) in [7, 11) is 1.65. The normalized spacial score (nSPS) is 18.5. The molecule has 2 aliphatic rings. The van der Waals surface area contributed by atoms with Gasteiger partial charge in [0.1, 0.15) is 17.3 Å². The van der Waals surface area contributed by atoms with Gasteiger partial charge in [-0.15, -0.1) is 0 Å². The Labute approximate surface area is 185 Å². The van der Waals surface area contributed by atoms with Crippen LogP contribution in [0.25, 0.3) is 0 Å². The first kappa shape index (κ1) is 23.8. The molecule has 2 heterocycles. The lowest BCUT2D eigenvalue weighted by molar-refractivity contribution is 0.234. The molecule has 0 saturated carbocycles. The zero-order chi connectivity index (χ0) is 22.1. The van der Waals surface area contributed by atoms with E-state index >= 15 is 0 Å². The van der Waals surface area contributed by atoms with Crippen molar-refractivity contribution in [3.05, 3.63) is 71.7 Å². The van der Waals surface area contributed by atoms with Crippen LogP contribution >= 0.6 is 11.6 Å². The van der Waals surface area contributed by atoms with Crippen LogP contribution in [0.3, 0.4) is 0 Å². The van der Waals surface area contributed by atoms with E-state index < -0.39 is 0 Å². The Morgan fingerprint density at radius 2 is 2.20 bits per heavy atom. The molecule has 2 aliphatic heterocycles. The van der Waals surface area contributed by atoms with Crippen LogP contribution in [-0.4, -0.2) is 43.5 Å². The molecule has 5 nitrogen and oxygen atoms in total. The van der Waals surface area contributed by atoms with Crippen molar-refractivity contribution in [2.75, 3.05) is 26.7 Å². The molecule has 1 aromatic carbocycles. The number of nitrogens with zero attached hydrogens (tertiary/aromatic N) is 2. The largest absolute Gasteiger partial charge is 0.502 e. The van der Waals surface area contributed by atoms with E-state index in [2.05, 4.69) is 23.4 Å². The fourth-order valence-corrected chi connectivity index (χ4v) is 3.49. The summed E-state index contributed by atoms with van der Waals surface area (Å²) in [5.74, 6) is 3.11. The van der Waals surface area contributed by atoms with Crippen molar-refractivity contribution in [1.29, 1.82) is 0 Å². The predicted molar refractivity (Wildman–Crippen MR) is 127 cm³/mol. The van der Waals surface area contributed by atoms with Gasteiger partial charge in [-0.1, -0.05) is 50.8 Å². The molecular weight excluding hydrogens is 398 g/mol. The van der Waals surface area contributed by atoms with Crippen molar-refractivity contribution in [3.63, 3.8) is 0 Å². The monoisotopic (exact) mass is 429 g/mol. The minimum absolute atomic E-state index is 0.233. The summed E-state index contributed by atoms with van der Waals surface area (Å²) in [5.41, 5.74) is 1.65. The summed E-state index contributed by atoms with van der Waals surface area (Å²) < 4.78 is 11.4. The molecule has 0 amide bonds. The maximum atomic E-state index is 6.20. The Kier molecular flexibility index (Phi) is 9.21. The predicted octanol–water partition coefficient (Wildman–Crippen LogP) is 5.63. The number of nitrogens with one attached hydrogen (secondary N) is 1. The summed E-state index contributed by atoms with van der Waals surface area (Å²) in [6.07, 6.45) is 6.38. The van der Waals surface area contributed by atoms with E-state index in [1.54, 1.807) is 13.2 Å². The highest BCUT2D eigenvalue weighted by molar-refractivity contribution is 6.31. The van der Waals surface area contributed by atoms with Gasteiger partial charge in [0.05, 0.1) is 18.4 Å². The Balaban J connectivity index is 0.00000155. The van der Waals surface area contributed by atoms with Crippen molar-refractivity contribution >= 4 is 23.1 Å². The SMILES string of the molecule is C=C/C=C\C1=C(C)Oc2ccc(Cl)cc2N=C1N1CCNC(CC(=C)OC)C1.CC. The molecule has 0 aliphatic carbocycles. The van der Waals surface area contributed by atoms with Crippen LogP contribution in [0.15, 0.2) is 71.7 Å². The van der Waals surface area contributed by atoms with Gasteiger partial charge in [-0.25, -0.2) is 4.99 Å². The summed E-state index contributed by atoms with van der Waals surface area (Å²) in [5, 5.41) is 4.15. The molecular formula is C24H32ClN3O2. The first-order chi connectivity index (χ1) is 14.5. The van der Waals surface area contributed by atoms with Gasteiger partial charge in [-0.3, -0.25) is 0 Å². The third kappa shape index (κ3) is 6.00. The molecule has 1 unspecified atom stereocenters. The highest BCUT2D eigenvalue weighted by Crippen LogP contribution is 2.36. The molecule has 1 atom stereocenters. The van der Waals surface area contributed by atoms with E-state index in [1.807, 2.05) is 51.1 Å². The van der Waals surface area contributed by atoms with Gasteiger partial charge in [0, 0.05) is 37.1 Å². The van der Waals surface area contributed by atoms with Gasteiger partial charge in [-0.2, -0.15) is 0 Å². The molecule has 0 bridgehead atoms. The average Bonchev–Trinajstić information content (AvgIpc) is 2.89. The molecule has 1 fully saturated rings. The third-order valence-corrected chi connectivity index (χ3v) is 4.98. The Hall–Kier alpha value is -2.50. The maximum absolute atomic E-state index is 6.20. The molecule has 0 radical (unpaired) electrons. The summed E-state index contributed by atoms with van der Waals surface area (Å²) in [6, 6.07) is 5.73. The van der Waals surface area contributed by atoms with Crippen molar-refractivity contribution < 1.29 is 9.47 Å². The first-order valence-corrected chi connectivity index (χ1v) is 10.7. The number of aliphatic imine (C=N–C) groups is 1. The standard InChI is InChI=1S/C22H26ClN3O2.C2H6/c1-5-6-7-19-16(3)28-21-9-8-17(23)13-20(21)25-22(19)26-11-10-24-18(14-26)12-15(2)27-4;1-2/h5-9,13,18,24H,1-2,10-12,14H2,3-4H3;1-2H3/b7-6-;. The second-order valence-electron chi connectivity index (χ2n) is 6.76. The topological polar surface area (TPSA) is 46.1 Å². The average molecular weight is 430 g/mol. The van der Waals surface area contributed by atoms with E-state index in [0.29, 0.717) is 10.8 Å². The summed E-state index contributed by atoms with van der Waals surface area (Å²) in [4.78, 5) is 7.22.